The first kappa shape index (κ1) is 17.0. The van der Waals surface area contributed by atoms with Gasteiger partial charge in [-0.05, 0) is 23.8 Å². The highest BCUT2D eigenvalue weighted by Gasteiger charge is 2.18. The predicted molar refractivity (Wildman–Crippen MR) is 93.0 cm³/mol. The maximum absolute atomic E-state index is 12.2. The third kappa shape index (κ3) is 4.32. The molecule has 0 aliphatic carbocycles. The number of nitrogens with one attached hydrogen (secondary N) is 1. The number of ketones is 1. The van der Waals surface area contributed by atoms with E-state index in [4.69, 9.17) is 4.74 Å². The fourth-order valence-corrected chi connectivity index (χ4v) is 3.74. The summed E-state index contributed by atoms with van der Waals surface area (Å²) in [6.07, 6.45) is 2.30. The van der Waals surface area contributed by atoms with Crippen molar-refractivity contribution in [2.75, 3.05) is 25.7 Å². The van der Waals surface area contributed by atoms with Gasteiger partial charge in [0.25, 0.3) is 0 Å². The van der Waals surface area contributed by atoms with E-state index in [0.29, 0.717) is 18.7 Å². The minimum absolute atomic E-state index is 0.0986. The molecule has 0 amide bonds. The van der Waals surface area contributed by atoms with E-state index in [1.165, 1.54) is 18.4 Å². The van der Waals surface area contributed by atoms with Crippen LogP contribution in [0.5, 0.6) is 0 Å². The lowest BCUT2D eigenvalue weighted by molar-refractivity contribution is -0.142. The van der Waals surface area contributed by atoms with Gasteiger partial charge in [0.05, 0.1) is 12.0 Å². The summed E-state index contributed by atoms with van der Waals surface area (Å²) in [6, 6.07) is 9.53. The average molecular weight is 337 g/mol. The van der Waals surface area contributed by atoms with Gasteiger partial charge >= 0.3 is 5.97 Å². The van der Waals surface area contributed by atoms with Gasteiger partial charge in [-0.2, -0.15) is 11.8 Å². The van der Waals surface area contributed by atoms with Crippen LogP contribution in [-0.4, -0.2) is 43.5 Å². The molecule has 0 saturated heterocycles. The highest BCUT2D eigenvalue weighted by molar-refractivity contribution is 7.98. The first-order chi connectivity index (χ1) is 10.7. The standard InChI is InChI=1S/C16H19NO3S2/c1-20-16(19)12(10-21-2)17-8-7-13(18)15-9-11-5-3-4-6-14(11)22-15/h3-6,9,12,17H,7-8,10H2,1-2H3. The fourth-order valence-electron chi connectivity index (χ4n) is 2.12. The van der Waals surface area contributed by atoms with Crippen LogP contribution in [0.4, 0.5) is 0 Å². The molecule has 0 radical (unpaired) electrons. The number of thiophene rings is 1. The molecule has 1 aromatic heterocycles. The van der Waals surface area contributed by atoms with E-state index in [2.05, 4.69) is 5.32 Å². The van der Waals surface area contributed by atoms with Crippen molar-refractivity contribution in [2.24, 2.45) is 0 Å². The zero-order valence-electron chi connectivity index (χ0n) is 12.6. The van der Waals surface area contributed by atoms with E-state index >= 15 is 0 Å². The molecule has 0 bridgehead atoms. The van der Waals surface area contributed by atoms with E-state index < -0.39 is 0 Å². The van der Waals surface area contributed by atoms with Crippen LogP contribution < -0.4 is 5.32 Å². The molecule has 0 fully saturated rings. The number of rotatable bonds is 8. The Morgan fingerprint density at radius 1 is 1.36 bits per heavy atom. The van der Waals surface area contributed by atoms with Crippen molar-refractivity contribution in [1.82, 2.24) is 5.32 Å². The van der Waals surface area contributed by atoms with Crippen LogP contribution in [0, 0.1) is 0 Å². The topological polar surface area (TPSA) is 55.4 Å². The van der Waals surface area contributed by atoms with Crippen LogP contribution in [0.25, 0.3) is 10.1 Å². The minimum atomic E-state index is -0.366. The number of thioether (sulfide) groups is 1. The highest BCUT2D eigenvalue weighted by atomic mass is 32.2. The summed E-state index contributed by atoms with van der Waals surface area (Å²) in [4.78, 5) is 24.6. The normalized spacial score (nSPS) is 12.3. The van der Waals surface area contributed by atoms with Gasteiger partial charge in [-0.3, -0.25) is 9.59 Å². The molecular weight excluding hydrogens is 318 g/mol. The summed E-state index contributed by atoms with van der Waals surface area (Å²) < 4.78 is 5.87. The van der Waals surface area contributed by atoms with Gasteiger partial charge in [-0.1, -0.05) is 18.2 Å². The van der Waals surface area contributed by atoms with E-state index in [9.17, 15) is 9.59 Å². The van der Waals surface area contributed by atoms with Crippen molar-refractivity contribution >= 4 is 44.9 Å². The summed E-state index contributed by atoms with van der Waals surface area (Å²) in [7, 11) is 1.37. The molecule has 0 aliphatic rings. The Balaban J connectivity index is 1.90. The van der Waals surface area contributed by atoms with Crippen molar-refractivity contribution in [3.05, 3.63) is 35.2 Å². The second kappa shape index (κ2) is 8.31. The Labute approximate surface area is 138 Å². The molecule has 1 atom stereocenters. The van der Waals surface area contributed by atoms with Crippen LogP contribution >= 0.6 is 23.1 Å². The zero-order valence-corrected chi connectivity index (χ0v) is 14.3. The Morgan fingerprint density at radius 3 is 2.82 bits per heavy atom. The summed E-state index contributed by atoms with van der Waals surface area (Å²) in [5.41, 5.74) is 0. The number of methoxy groups -OCH3 is 1. The predicted octanol–water partition coefficient (Wildman–Crippen LogP) is 2.97. The van der Waals surface area contributed by atoms with Gasteiger partial charge < -0.3 is 10.1 Å². The van der Waals surface area contributed by atoms with Gasteiger partial charge in [0.2, 0.25) is 0 Å². The Morgan fingerprint density at radius 2 is 2.14 bits per heavy atom. The SMILES string of the molecule is COC(=O)C(CSC)NCCC(=O)c1cc2ccccc2s1. The van der Waals surface area contributed by atoms with Crippen LogP contribution in [0.15, 0.2) is 30.3 Å². The van der Waals surface area contributed by atoms with E-state index in [1.807, 2.05) is 36.6 Å². The van der Waals surface area contributed by atoms with E-state index in [1.54, 1.807) is 11.8 Å². The monoisotopic (exact) mass is 337 g/mol. The maximum atomic E-state index is 12.2. The molecule has 2 rings (SSSR count). The summed E-state index contributed by atoms with van der Waals surface area (Å²) in [6.45, 7) is 0.466. The van der Waals surface area contributed by atoms with Crippen LogP contribution in [0.3, 0.4) is 0 Å². The van der Waals surface area contributed by atoms with Crippen molar-refractivity contribution in [1.29, 1.82) is 0 Å². The third-order valence-corrected chi connectivity index (χ3v) is 5.09. The summed E-state index contributed by atoms with van der Waals surface area (Å²) in [5.74, 6) is 0.439. The molecule has 118 valence electrons. The molecule has 1 aromatic carbocycles. The van der Waals surface area contributed by atoms with Crippen LogP contribution in [0.2, 0.25) is 0 Å². The van der Waals surface area contributed by atoms with Gasteiger partial charge in [-0.15, -0.1) is 11.3 Å². The van der Waals surface area contributed by atoms with Gasteiger partial charge in [0, 0.05) is 23.4 Å². The number of Topliss-reactive ketones (excluding diaryl/α,β-unsaturated/α-hetero) is 1. The zero-order chi connectivity index (χ0) is 15.9. The van der Waals surface area contributed by atoms with Crippen LogP contribution in [-0.2, 0) is 9.53 Å². The smallest absolute Gasteiger partial charge is 0.323 e. The largest absolute Gasteiger partial charge is 0.468 e. The first-order valence-corrected chi connectivity index (χ1v) is 9.18. The lowest BCUT2D eigenvalue weighted by Gasteiger charge is -2.14. The summed E-state index contributed by atoms with van der Waals surface area (Å²) in [5, 5.41) is 4.19. The number of fused-ring (bicyclic) bond motifs is 1. The Hall–Kier alpha value is -1.37. The van der Waals surface area contributed by atoms with Crippen LogP contribution in [0.1, 0.15) is 16.1 Å². The van der Waals surface area contributed by atoms with Gasteiger partial charge in [-0.25, -0.2) is 0 Å². The van der Waals surface area contributed by atoms with Gasteiger partial charge in [0.15, 0.2) is 5.78 Å². The summed E-state index contributed by atoms with van der Waals surface area (Å²) >= 11 is 3.08. The molecule has 6 heteroatoms. The molecule has 0 saturated carbocycles. The number of hydrogen-bond donors (Lipinski definition) is 1. The molecular formula is C16H19NO3S2. The fraction of sp³-hybridized carbons (Fsp3) is 0.375. The molecule has 1 unspecified atom stereocenters. The third-order valence-electron chi connectivity index (χ3n) is 3.26. The average Bonchev–Trinajstić information content (AvgIpc) is 2.97. The maximum Gasteiger partial charge on any atom is 0.323 e. The van der Waals surface area contributed by atoms with E-state index in [0.717, 1.165) is 15.0 Å². The molecule has 22 heavy (non-hydrogen) atoms. The number of hydrogen-bond acceptors (Lipinski definition) is 6. The van der Waals surface area contributed by atoms with Crippen molar-refractivity contribution < 1.29 is 14.3 Å². The Bertz CT molecular complexity index is 621. The number of esters is 1. The molecule has 2 aromatic rings. The number of ether oxygens (including phenoxy) is 1. The molecule has 4 nitrogen and oxygen atoms in total. The van der Waals surface area contributed by atoms with E-state index in [-0.39, 0.29) is 17.8 Å². The van der Waals surface area contributed by atoms with Crippen molar-refractivity contribution in [3.8, 4) is 0 Å². The first-order valence-electron chi connectivity index (χ1n) is 6.97. The molecule has 1 heterocycles. The lowest BCUT2D eigenvalue weighted by Crippen LogP contribution is -2.40. The highest BCUT2D eigenvalue weighted by Crippen LogP contribution is 2.26. The van der Waals surface area contributed by atoms with Crippen molar-refractivity contribution in [2.45, 2.75) is 12.5 Å². The number of carbonyl (C=O) groups excluding carboxylic acids is 2. The molecule has 0 spiro atoms. The van der Waals surface area contributed by atoms with Crippen molar-refractivity contribution in [3.63, 3.8) is 0 Å². The van der Waals surface area contributed by atoms with Gasteiger partial charge in [0.1, 0.15) is 6.04 Å². The number of benzene rings is 1. The molecule has 1 N–H and O–H groups in total. The second-order valence-corrected chi connectivity index (χ2v) is 6.80. The lowest BCUT2D eigenvalue weighted by atomic mass is 10.2. The number of carbonyl (C=O) groups is 2. The minimum Gasteiger partial charge on any atom is -0.468 e. The quantitative estimate of drug-likeness (QED) is 0.593. The second-order valence-electron chi connectivity index (χ2n) is 4.81. The molecule has 0 aliphatic heterocycles. The Kier molecular flexibility index (Phi) is 6.42.